The topological polar surface area (TPSA) is 88.4 Å². The number of nitrogens with one attached hydrogen (secondary N) is 2. The van der Waals surface area contributed by atoms with Crippen LogP contribution in [0.4, 0.5) is 0 Å². The van der Waals surface area contributed by atoms with Gasteiger partial charge in [-0.2, -0.15) is 0 Å². The van der Waals surface area contributed by atoms with Crippen molar-refractivity contribution in [2.24, 2.45) is 0 Å². The van der Waals surface area contributed by atoms with Crippen molar-refractivity contribution < 1.29 is 17.6 Å². The summed E-state index contributed by atoms with van der Waals surface area (Å²) in [6.45, 7) is 0.371. The molecular weight excluding hydrogens is 352 g/mol. The lowest BCUT2D eigenvalue weighted by Gasteiger charge is -2.12. The fraction of sp³-hybridized carbons (Fsp3) is 0.421. The summed E-state index contributed by atoms with van der Waals surface area (Å²) in [6, 6.07) is 10.4. The SMILES string of the molecule is O=C(CCc1ccc(S(=O)(=O)NC2CCCC2)cc1)NCc1ccco1. The Hall–Kier alpha value is -2.12. The summed E-state index contributed by atoms with van der Waals surface area (Å²) >= 11 is 0. The van der Waals surface area contributed by atoms with Gasteiger partial charge in [-0.1, -0.05) is 25.0 Å². The van der Waals surface area contributed by atoms with Crippen LogP contribution in [0, 0.1) is 0 Å². The Balaban J connectivity index is 1.48. The van der Waals surface area contributed by atoms with Gasteiger partial charge in [0.05, 0.1) is 17.7 Å². The molecule has 3 rings (SSSR count). The molecule has 0 aliphatic heterocycles. The molecule has 1 aliphatic rings. The molecule has 7 heteroatoms. The third-order valence-electron chi connectivity index (χ3n) is 4.59. The molecule has 1 amide bonds. The van der Waals surface area contributed by atoms with E-state index in [0.29, 0.717) is 25.1 Å². The molecule has 26 heavy (non-hydrogen) atoms. The van der Waals surface area contributed by atoms with Crippen LogP contribution in [0.1, 0.15) is 43.4 Å². The van der Waals surface area contributed by atoms with Gasteiger partial charge in [0.1, 0.15) is 5.76 Å². The molecule has 1 saturated carbocycles. The van der Waals surface area contributed by atoms with Crippen molar-refractivity contribution in [1.29, 1.82) is 0 Å². The first-order valence-corrected chi connectivity index (χ1v) is 10.4. The molecule has 0 radical (unpaired) electrons. The van der Waals surface area contributed by atoms with Crippen LogP contribution >= 0.6 is 0 Å². The number of benzene rings is 1. The zero-order valence-electron chi connectivity index (χ0n) is 14.6. The summed E-state index contributed by atoms with van der Waals surface area (Å²) in [7, 11) is -3.47. The Morgan fingerprint density at radius 2 is 1.85 bits per heavy atom. The minimum atomic E-state index is -3.47. The third-order valence-corrected chi connectivity index (χ3v) is 6.13. The van der Waals surface area contributed by atoms with E-state index in [-0.39, 0.29) is 16.8 Å². The van der Waals surface area contributed by atoms with Crippen molar-refractivity contribution in [3.63, 3.8) is 0 Å². The van der Waals surface area contributed by atoms with Gasteiger partial charge in [-0.05, 0) is 49.1 Å². The number of furan rings is 1. The zero-order chi connectivity index (χ0) is 18.4. The van der Waals surface area contributed by atoms with Crippen molar-refractivity contribution in [2.45, 2.75) is 56.0 Å². The van der Waals surface area contributed by atoms with E-state index in [9.17, 15) is 13.2 Å². The molecule has 1 aromatic heterocycles. The number of carbonyl (C=O) groups is 1. The number of amides is 1. The maximum atomic E-state index is 12.4. The molecule has 0 atom stereocenters. The summed E-state index contributed by atoms with van der Waals surface area (Å²) in [5, 5.41) is 2.79. The Bertz CT molecular complexity index is 808. The average Bonchev–Trinajstić information content (AvgIpc) is 3.32. The largest absolute Gasteiger partial charge is 0.467 e. The van der Waals surface area contributed by atoms with Crippen LogP contribution in [0.2, 0.25) is 0 Å². The van der Waals surface area contributed by atoms with Gasteiger partial charge in [0, 0.05) is 12.5 Å². The molecule has 0 bridgehead atoms. The molecule has 1 aromatic carbocycles. The first kappa shape index (κ1) is 18.7. The van der Waals surface area contributed by atoms with E-state index in [0.717, 1.165) is 31.2 Å². The van der Waals surface area contributed by atoms with Crippen molar-refractivity contribution in [2.75, 3.05) is 0 Å². The highest BCUT2D eigenvalue weighted by Gasteiger charge is 2.22. The van der Waals surface area contributed by atoms with Gasteiger partial charge in [0.15, 0.2) is 0 Å². The van der Waals surface area contributed by atoms with Gasteiger partial charge in [-0.25, -0.2) is 13.1 Å². The molecular formula is C19H24N2O4S. The molecule has 0 spiro atoms. The lowest BCUT2D eigenvalue weighted by molar-refractivity contribution is -0.121. The fourth-order valence-corrected chi connectivity index (χ4v) is 4.42. The second kappa shape index (κ2) is 8.51. The van der Waals surface area contributed by atoms with E-state index in [2.05, 4.69) is 10.0 Å². The van der Waals surface area contributed by atoms with Crippen LogP contribution in [0.5, 0.6) is 0 Å². The van der Waals surface area contributed by atoms with E-state index < -0.39 is 10.0 Å². The van der Waals surface area contributed by atoms with E-state index in [1.165, 1.54) is 0 Å². The lowest BCUT2D eigenvalue weighted by atomic mass is 10.1. The van der Waals surface area contributed by atoms with Gasteiger partial charge >= 0.3 is 0 Å². The first-order chi connectivity index (χ1) is 12.5. The van der Waals surface area contributed by atoms with Crippen molar-refractivity contribution in [1.82, 2.24) is 10.0 Å². The predicted molar refractivity (Wildman–Crippen MR) is 97.9 cm³/mol. The standard InChI is InChI=1S/C19H24N2O4S/c22-19(20-14-17-6-3-13-25-17)12-9-15-7-10-18(11-8-15)26(23,24)21-16-4-1-2-5-16/h3,6-8,10-11,13,16,21H,1-2,4-5,9,12,14H2,(H,20,22). The highest BCUT2D eigenvalue weighted by atomic mass is 32.2. The number of aryl methyl sites for hydroxylation is 1. The van der Waals surface area contributed by atoms with E-state index in [1.807, 2.05) is 0 Å². The highest BCUT2D eigenvalue weighted by molar-refractivity contribution is 7.89. The number of carbonyl (C=O) groups excluding carboxylic acids is 1. The fourth-order valence-electron chi connectivity index (χ4n) is 3.11. The van der Waals surface area contributed by atoms with E-state index in [1.54, 1.807) is 42.7 Å². The Kier molecular flexibility index (Phi) is 6.11. The van der Waals surface area contributed by atoms with Crippen LogP contribution in [-0.2, 0) is 27.8 Å². The summed E-state index contributed by atoms with van der Waals surface area (Å²) in [5.41, 5.74) is 0.929. The average molecular weight is 376 g/mol. The predicted octanol–water partition coefficient (Wildman–Crippen LogP) is 2.75. The normalized spacial score (nSPS) is 15.2. The van der Waals surface area contributed by atoms with Gasteiger partial charge in [-0.15, -0.1) is 0 Å². The molecule has 1 fully saturated rings. The van der Waals surface area contributed by atoms with Gasteiger partial charge in [0.2, 0.25) is 15.9 Å². The second-order valence-corrected chi connectivity index (χ2v) is 8.32. The van der Waals surface area contributed by atoms with Crippen LogP contribution in [0.3, 0.4) is 0 Å². The second-order valence-electron chi connectivity index (χ2n) is 6.60. The Labute approximate surface area is 154 Å². The summed E-state index contributed by atoms with van der Waals surface area (Å²) in [4.78, 5) is 12.1. The monoisotopic (exact) mass is 376 g/mol. The van der Waals surface area contributed by atoms with E-state index >= 15 is 0 Å². The first-order valence-electron chi connectivity index (χ1n) is 8.93. The molecule has 2 aromatic rings. The summed E-state index contributed by atoms with van der Waals surface area (Å²) < 4.78 is 32.7. The molecule has 140 valence electrons. The summed E-state index contributed by atoms with van der Waals surface area (Å²) in [5.74, 6) is 0.642. The molecule has 6 nitrogen and oxygen atoms in total. The van der Waals surface area contributed by atoms with Crippen molar-refractivity contribution in [3.05, 3.63) is 54.0 Å². The molecule has 1 heterocycles. The maximum absolute atomic E-state index is 12.4. The van der Waals surface area contributed by atoms with E-state index in [4.69, 9.17) is 4.42 Å². The lowest BCUT2D eigenvalue weighted by Crippen LogP contribution is -2.32. The quantitative estimate of drug-likeness (QED) is 0.741. The van der Waals surface area contributed by atoms with Gasteiger partial charge in [-0.3, -0.25) is 4.79 Å². The number of sulfonamides is 1. The number of rotatable bonds is 8. The summed E-state index contributed by atoms with van der Waals surface area (Å²) in [6.07, 6.45) is 6.43. The molecule has 2 N–H and O–H groups in total. The molecule has 1 aliphatic carbocycles. The van der Waals surface area contributed by atoms with Gasteiger partial charge < -0.3 is 9.73 Å². The Morgan fingerprint density at radius 3 is 2.50 bits per heavy atom. The molecule has 0 unspecified atom stereocenters. The van der Waals surface area contributed by atoms with Gasteiger partial charge in [0.25, 0.3) is 0 Å². The van der Waals surface area contributed by atoms with Crippen molar-refractivity contribution >= 4 is 15.9 Å². The van der Waals surface area contributed by atoms with Crippen LogP contribution in [0.25, 0.3) is 0 Å². The smallest absolute Gasteiger partial charge is 0.240 e. The molecule has 0 saturated heterocycles. The van der Waals surface area contributed by atoms with Crippen molar-refractivity contribution in [3.8, 4) is 0 Å². The maximum Gasteiger partial charge on any atom is 0.240 e. The van der Waals surface area contributed by atoms with Crippen LogP contribution in [0.15, 0.2) is 52.0 Å². The Morgan fingerprint density at radius 1 is 1.12 bits per heavy atom. The number of hydrogen-bond donors (Lipinski definition) is 2. The third kappa shape index (κ3) is 5.19. The minimum absolute atomic E-state index is 0.0533. The highest BCUT2D eigenvalue weighted by Crippen LogP contribution is 2.20. The van der Waals surface area contributed by atoms with Crippen LogP contribution in [-0.4, -0.2) is 20.4 Å². The minimum Gasteiger partial charge on any atom is -0.467 e. The number of hydrogen-bond acceptors (Lipinski definition) is 4. The van der Waals surface area contributed by atoms with Crippen LogP contribution < -0.4 is 10.0 Å². The zero-order valence-corrected chi connectivity index (χ0v) is 15.4.